The van der Waals surface area contributed by atoms with Crippen molar-refractivity contribution in [2.24, 2.45) is 5.92 Å². The standard InChI is InChI=1S/C32H38N4O7/c1-3-42-32-23(12-14-40-16-17-41-15-13-37)24(25-20-36(21(2)38)28-11-7-4-8-22(25)28)18-29(43-32)31(39)33-19-30-34-26-9-5-6-10-27(26)35-30/h4-11,18,20,23-24,32,37H,3,12-17,19H2,1-2H3,(H,33,39)(H,34,35)/t23-,24-,32+/m0/s1. The number of fused-ring (bicyclic) bond motifs is 2. The molecule has 11 nitrogen and oxygen atoms in total. The monoisotopic (exact) mass is 590 g/mol. The van der Waals surface area contributed by atoms with Crippen LogP contribution in [0.5, 0.6) is 0 Å². The molecule has 2 aromatic carbocycles. The minimum Gasteiger partial charge on any atom is -0.459 e. The van der Waals surface area contributed by atoms with Crippen LogP contribution in [0.4, 0.5) is 0 Å². The summed E-state index contributed by atoms with van der Waals surface area (Å²) in [6.07, 6.45) is 3.52. The zero-order chi connectivity index (χ0) is 30.2. The van der Waals surface area contributed by atoms with Crippen LogP contribution in [0.15, 0.2) is 66.6 Å². The second-order valence-electron chi connectivity index (χ2n) is 10.3. The predicted octanol–water partition coefficient (Wildman–Crippen LogP) is 3.89. The lowest BCUT2D eigenvalue weighted by atomic mass is 9.81. The summed E-state index contributed by atoms with van der Waals surface area (Å²) in [6.45, 7) is 5.37. The molecule has 2 aromatic heterocycles. The summed E-state index contributed by atoms with van der Waals surface area (Å²) in [5.41, 5.74) is 3.41. The predicted molar refractivity (Wildman–Crippen MR) is 160 cm³/mol. The summed E-state index contributed by atoms with van der Waals surface area (Å²) >= 11 is 0. The molecule has 43 heavy (non-hydrogen) atoms. The first kappa shape index (κ1) is 30.4. The van der Waals surface area contributed by atoms with Crippen LogP contribution in [0.1, 0.15) is 42.4 Å². The molecule has 0 spiro atoms. The molecule has 3 atom stereocenters. The molecule has 1 aliphatic rings. The Morgan fingerprint density at radius 2 is 1.84 bits per heavy atom. The van der Waals surface area contributed by atoms with Crippen molar-refractivity contribution in [3.05, 3.63) is 78.0 Å². The highest BCUT2D eigenvalue weighted by Gasteiger charge is 2.39. The molecule has 5 rings (SSSR count). The fourth-order valence-electron chi connectivity index (χ4n) is 5.47. The van der Waals surface area contributed by atoms with Crippen molar-refractivity contribution in [3.63, 3.8) is 0 Å². The van der Waals surface area contributed by atoms with Gasteiger partial charge in [0.1, 0.15) is 5.82 Å². The number of imidazole rings is 1. The minimum atomic E-state index is -0.722. The summed E-state index contributed by atoms with van der Waals surface area (Å²) in [5.74, 6) is -0.235. The molecular formula is C32H38N4O7. The Labute approximate surface area is 249 Å². The lowest BCUT2D eigenvalue weighted by Gasteiger charge is -2.36. The lowest BCUT2D eigenvalue weighted by molar-refractivity contribution is -0.168. The van der Waals surface area contributed by atoms with E-state index in [-0.39, 0.29) is 49.2 Å². The smallest absolute Gasteiger partial charge is 0.286 e. The van der Waals surface area contributed by atoms with Crippen molar-refractivity contribution in [1.82, 2.24) is 19.9 Å². The quantitative estimate of drug-likeness (QED) is 0.188. The van der Waals surface area contributed by atoms with Gasteiger partial charge in [0.25, 0.3) is 5.91 Å². The number of para-hydroxylation sites is 3. The van der Waals surface area contributed by atoms with E-state index in [1.807, 2.05) is 67.7 Å². The number of hydrogen-bond donors (Lipinski definition) is 3. The van der Waals surface area contributed by atoms with Gasteiger partial charge in [-0.05, 0) is 43.2 Å². The third-order valence-corrected chi connectivity index (χ3v) is 7.44. The van der Waals surface area contributed by atoms with Crippen LogP contribution in [0.3, 0.4) is 0 Å². The van der Waals surface area contributed by atoms with Crippen LogP contribution in [0.2, 0.25) is 0 Å². The van der Waals surface area contributed by atoms with Crippen LogP contribution < -0.4 is 5.32 Å². The van der Waals surface area contributed by atoms with Crippen molar-refractivity contribution in [3.8, 4) is 0 Å². The minimum absolute atomic E-state index is 0.0362. The molecule has 4 aromatic rings. The number of allylic oxidation sites excluding steroid dienone is 1. The van der Waals surface area contributed by atoms with E-state index < -0.39 is 6.29 Å². The molecular weight excluding hydrogens is 552 g/mol. The number of nitrogens with one attached hydrogen (secondary N) is 2. The van der Waals surface area contributed by atoms with Crippen molar-refractivity contribution in [2.45, 2.75) is 39.0 Å². The first-order valence-corrected chi connectivity index (χ1v) is 14.6. The number of H-pyrrole nitrogens is 1. The average Bonchev–Trinajstić information content (AvgIpc) is 3.61. The van der Waals surface area contributed by atoms with Gasteiger partial charge in [-0.1, -0.05) is 30.3 Å². The Hall–Kier alpha value is -4.03. The van der Waals surface area contributed by atoms with Crippen molar-refractivity contribution >= 4 is 33.8 Å². The Bertz CT molecular complexity index is 1540. The number of aliphatic hydroxyl groups is 1. The first-order chi connectivity index (χ1) is 21.0. The zero-order valence-corrected chi connectivity index (χ0v) is 24.5. The fourth-order valence-corrected chi connectivity index (χ4v) is 5.47. The van der Waals surface area contributed by atoms with Crippen molar-refractivity contribution in [1.29, 1.82) is 0 Å². The maximum Gasteiger partial charge on any atom is 0.286 e. The van der Waals surface area contributed by atoms with Gasteiger partial charge in [0.2, 0.25) is 12.2 Å². The van der Waals surface area contributed by atoms with Crippen molar-refractivity contribution in [2.75, 3.05) is 39.6 Å². The van der Waals surface area contributed by atoms with Gasteiger partial charge in [-0.25, -0.2) is 4.98 Å². The first-order valence-electron chi connectivity index (χ1n) is 14.6. The molecule has 0 unspecified atom stereocenters. The molecule has 0 fully saturated rings. The van der Waals surface area contributed by atoms with E-state index in [1.54, 1.807) is 4.57 Å². The van der Waals surface area contributed by atoms with E-state index in [4.69, 9.17) is 24.1 Å². The third-order valence-electron chi connectivity index (χ3n) is 7.44. The number of carbonyl (C=O) groups is 2. The van der Waals surface area contributed by atoms with Crippen LogP contribution in [-0.4, -0.2) is 77.4 Å². The molecule has 0 bridgehead atoms. The largest absolute Gasteiger partial charge is 0.459 e. The van der Waals surface area contributed by atoms with E-state index in [0.29, 0.717) is 38.7 Å². The Balaban J connectivity index is 1.42. The van der Waals surface area contributed by atoms with Crippen LogP contribution in [0, 0.1) is 5.92 Å². The topological polar surface area (TPSA) is 137 Å². The van der Waals surface area contributed by atoms with E-state index in [1.165, 1.54) is 6.92 Å². The molecule has 0 saturated heterocycles. The van der Waals surface area contributed by atoms with Gasteiger partial charge < -0.3 is 34.4 Å². The average molecular weight is 591 g/mol. The van der Waals surface area contributed by atoms with E-state index in [2.05, 4.69) is 15.3 Å². The maximum atomic E-state index is 13.5. The highest BCUT2D eigenvalue weighted by atomic mass is 16.7. The summed E-state index contributed by atoms with van der Waals surface area (Å²) < 4.78 is 25.0. The Kier molecular flexibility index (Phi) is 10.2. The Morgan fingerprint density at radius 3 is 2.60 bits per heavy atom. The van der Waals surface area contributed by atoms with Crippen molar-refractivity contribution < 1.29 is 33.6 Å². The number of amides is 1. The van der Waals surface area contributed by atoms with E-state index in [0.717, 1.165) is 27.5 Å². The highest BCUT2D eigenvalue weighted by Crippen LogP contribution is 2.42. The number of carbonyl (C=O) groups excluding carboxylic acids is 2. The number of rotatable bonds is 14. The lowest BCUT2D eigenvalue weighted by Crippen LogP contribution is -2.39. The van der Waals surface area contributed by atoms with Crippen LogP contribution >= 0.6 is 0 Å². The summed E-state index contributed by atoms with van der Waals surface area (Å²) in [7, 11) is 0. The molecule has 1 aliphatic heterocycles. The molecule has 3 N–H and O–H groups in total. The Morgan fingerprint density at radius 1 is 1.07 bits per heavy atom. The molecule has 0 aliphatic carbocycles. The molecule has 1 amide bonds. The van der Waals surface area contributed by atoms with E-state index >= 15 is 0 Å². The molecule has 0 radical (unpaired) electrons. The molecule has 3 heterocycles. The SMILES string of the molecule is CCO[C@@H]1OC(C(=O)NCc2nc3ccccc3[nH]2)=C[C@H](c2cn(C(C)=O)c3ccccc23)[C@@H]1CCOCCOCCO. The van der Waals surface area contributed by atoms with Gasteiger partial charge >= 0.3 is 0 Å². The number of ether oxygens (including phenoxy) is 4. The van der Waals surface area contributed by atoms with Gasteiger partial charge in [-0.2, -0.15) is 0 Å². The molecule has 0 saturated carbocycles. The van der Waals surface area contributed by atoms with Gasteiger partial charge in [0.15, 0.2) is 5.76 Å². The third kappa shape index (κ3) is 7.14. The maximum absolute atomic E-state index is 13.5. The van der Waals surface area contributed by atoms with Gasteiger partial charge in [-0.15, -0.1) is 0 Å². The number of nitrogens with zero attached hydrogens (tertiary/aromatic N) is 2. The van der Waals surface area contributed by atoms with Gasteiger partial charge in [0.05, 0.1) is 49.5 Å². The van der Waals surface area contributed by atoms with Gasteiger partial charge in [-0.3, -0.25) is 14.2 Å². The molecule has 228 valence electrons. The number of aromatic nitrogens is 3. The summed E-state index contributed by atoms with van der Waals surface area (Å²) in [5, 5.41) is 12.7. The van der Waals surface area contributed by atoms with Gasteiger partial charge in [0, 0.05) is 43.6 Å². The van der Waals surface area contributed by atoms with E-state index in [9.17, 15) is 9.59 Å². The summed E-state index contributed by atoms with van der Waals surface area (Å²) in [6, 6.07) is 15.4. The van der Waals surface area contributed by atoms with Crippen LogP contribution in [0.25, 0.3) is 21.9 Å². The molecule has 11 heteroatoms. The second-order valence-corrected chi connectivity index (χ2v) is 10.3. The zero-order valence-electron chi connectivity index (χ0n) is 24.5. The summed E-state index contributed by atoms with van der Waals surface area (Å²) in [4.78, 5) is 33.8. The fraction of sp³-hybridized carbons (Fsp3) is 0.406. The highest BCUT2D eigenvalue weighted by molar-refractivity contribution is 5.95. The number of hydrogen-bond acceptors (Lipinski definition) is 8. The number of benzene rings is 2. The van der Waals surface area contributed by atoms with Crippen LogP contribution in [-0.2, 0) is 30.3 Å². The number of aromatic amines is 1. The second kappa shape index (κ2) is 14.4. The normalized spacial score (nSPS) is 18.5. The number of aliphatic hydroxyl groups excluding tert-OH is 1.